The lowest BCUT2D eigenvalue weighted by Gasteiger charge is -2.17. The van der Waals surface area contributed by atoms with E-state index in [4.69, 9.17) is 14.6 Å². The fraction of sp³-hybridized carbons (Fsp3) is 0.571. The van der Waals surface area contributed by atoms with Crippen LogP contribution >= 0.6 is 0 Å². The number of para-hydroxylation sites is 2. The van der Waals surface area contributed by atoms with E-state index in [1.54, 1.807) is 7.11 Å². The largest absolute Gasteiger partial charge is 0.493 e. The third kappa shape index (κ3) is 3.37. The molecule has 0 bridgehead atoms. The van der Waals surface area contributed by atoms with Crippen LogP contribution < -0.4 is 9.47 Å². The van der Waals surface area contributed by atoms with E-state index in [9.17, 15) is 0 Å². The summed E-state index contributed by atoms with van der Waals surface area (Å²) in [6.07, 6.45) is 2.09. The van der Waals surface area contributed by atoms with E-state index in [-0.39, 0.29) is 12.7 Å². The van der Waals surface area contributed by atoms with Crippen LogP contribution in [-0.2, 0) is 0 Å². The number of benzene rings is 1. The van der Waals surface area contributed by atoms with Crippen molar-refractivity contribution in [3.63, 3.8) is 0 Å². The van der Waals surface area contributed by atoms with Crippen LogP contribution in [0, 0.1) is 0 Å². The number of rotatable bonds is 6. The summed E-state index contributed by atoms with van der Waals surface area (Å²) < 4.78 is 11.3. The second-order valence-corrected chi connectivity index (χ2v) is 4.56. The maximum atomic E-state index is 8.82. The predicted octanol–water partition coefficient (Wildman–Crippen LogP) is 1.53. The molecule has 0 radical (unpaired) electrons. The molecule has 1 atom stereocenters. The van der Waals surface area contributed by atoms with E-state index >= 15 is 0 Å². The van der Waals surface area contributed by atoms with Crippen LogP contribution in [0.4, 0.5) is 0 Å². The summed E-state index contributed by atoms with van der Waals surface area (Å²) in [5, 5.41) is 8.82. The molecule has 4 nitrogen and oxygen atoms in total. The Labute approximate surface area is 108 Å². The van der Waals surface area contributed by atoms with Crippen molar-refractivity contribution in [2.75, 3.05) is 33.4 Å². The van der Waals surface area contributed by atoms with Crippen molar-refractivity contribution in [2.24, 2.45) is 0 Å². The summed E-state index contributed by atoms with van der Waals surface area (Å²) in [5.74, 6) is 1.60. The number of hydrogen-bond acceptors (Lipinski definition) is 4. The third-order valence-corrected chi connectivity index (χ3v) is 3.22. The van der Waals surface area contributed by atoms with Crippen LogP contribution in [0.2, 0.25) is 0 Å². The maximum Gasteiger partial charge on any atom is 0.161 e. The summed E-state index contributed by atoms with van der Waals surface area (Å²) in [6, 6.07) is 7.74. The zero-order chi connectivity index (χ0) is 12.8. The fourth-order valence-electron chi connectivity index (χ4n) is 2.29. The Morgan fingerprint density at radius 3 is 2.83 bits per heavy atom. The van der Waals surface area contributed by atoms with Gasteiger partial charge in [0.15, 0.2) is 11.5 Å². The lowest BCUT2D eigenvalue weighted by Crippen LogP contribution is -2.26. The van der Waals surface area contributed by atoms with Gasteiger partial charge in [-0.25, -0.2) is 0 Å². The maximum absolute atomic E-state index is 8.82. The highest BCUT2D eigenvalue weighted by Gasteiger charge is 2.24. The highest BCUT2D eigenvalue weighted by atomic mass is 16.5. The summed E-state index contributed by atoms with van der Waals surface area (Å²) in [5.41, 5.74) is 0. The number of hydrogen-bond donors (Lipinski definition) is 1. The first-order valence-electron chi connectivity index (χ1n) is 6.46. The molecular formula is C14H21NO3. The molecule has 1 fully saturated rings. The van der Waals surface area contributed by atoms with Crippen LogP contribution in [0.15, 0.2) is 24.3 Å². The van der Waals surface area contributed by atoms with E-state index in [1.165, 1.54) is 0 Å². The zero-order valence-corrected chi connectivity index (χ0v) is 10.8. The molecule has 100 valence electrons. The van der Waals surface area contributed by atoms with Crippen molar-refractivity contribution in [2.45, 2.75) is 18.9 Å². The third-order valence-electron chi connectivity index (χ3n) is 3.22. The van der Waals surface area contributed by atoms with Gasteiger partial charge in [0.25, 0.3) is 0 Å². The predicted molar refractivity (Wildman–Crippen MR) is 70.2 cm³/mol. The van der Waals surface area contributed by atoms with Gasteiger partial charge in [-0.1, -0.05) is 12.1 Å². The van der Waals surface area contributed by atoms with Crippen LogP contribution in [0.3, 0.4) is 0 Å². The minimum absolute atomic E-state index is 0.222. The normalized spacial score (nSPS) is 20.0. The monoisotopic (exact) mass is 251 g/mol. The first-order chi connectivity index (χ1) is 8.83. The molecule has 1 aliphatic heterocycles. The summed E-state index contributed by atoms with van der Waals surface area (Å²) in [7, 11) is 1.66. The average Bonchev–Trinajstić information content (AvgIpc) is 2.84. The Morgan fingerprint density at radius 2 is 2.11 bits per heavy atom. The van der Waals surface area contributed by atoms with Gasteiger partial charge in [-0.05, 0) is 25.0 Å². The molecule has 1 aromatic rings. The topological polar surface area (TPSA) is 41.9 Å². The molecule has 0 saturated carbocycles. The van der Waals surface area contributed by atoms with Crippen molar-refractivity contribution in [3.05, 3.63) is 24.3 Å². The molecule has 0 spiro atoms. The molecule has 1 aliphatic rings. The summed E-state index contributed by atoms with van der Waals surface area (Å²) >= 11 is 0. The number of aliphatic hydroxyl groups is 1. The minimum Gasteiger partial charge on any atom is -0.493 e. The smallest absolute Gasteiger partial charge is 0.161 e. The standard InChI is InChI=1S/C14H21NO3/c1-17-13-5-2-3-6-14(13)18-12-7-9-15(11-12)8-4-10-16/h2-3,5-6,12,16H,4,7-11H2,1H3/t12-/m1/s1. The van der Waals surface area contributed by atoms with Crippen LogP contribution in [-0.4, -0.2) is 49.5 Å². The second kappa shape index (κ2) is 6.61. The van der Waals surface area contributed by atoms with Gasteiger partial charge in [0.2, 0.25) is 0 Å². The van der Waals surface area contributed by atoms with Crippen LogP contribution in [0.5, 0.6) is 11.5 Å². The van der Waals surface area contributed by atoms with E-state index in [2.05, 4.69) is 4.90 Å². The van der Waals surface area contributed by atoms with E-state index in [0.717, 1.165) is 44.0 Å². The number of methoxy groups -OCH3 is 1. The molecule has 18 heavy (non-hydrogen) atoms. The first-order valence-corrected chi connectivity index (χ1v) is 6.46. The molecule has 1 N–H and O–H groups in total. The Hall–Kier alpha value is -1.26. The molecule has 0 unspecified atom stereocenters. The van der Waals surface area contributed by atoms with Gasteiger partial charge < -0.3 is 14.6 Å². The van der Waals surface area contributed by atoms with Crippen molar-refractivity contribution < 1.29 is 14.6 Å². The van der Waals surface area contributed by atoms with Gasteiger partial charge in [-0.3, -0.25) is 4.90 Å². The second-order valence-electron chi connectivity index (χ2n) is 4.56. The lowest BCUT2D eigenvalue weighted by molar-refractivity contribution is 0.186. The fourth-order valence-corrected chi connectivity index (χ4v) is 2.29. The van der Waals surface area contributed by atoms with E-state index in [0.29, 0.717) is 0 Å². The van der Waals surface area contributed by atoms with Gasteiger partial charge >= 0.3 is 0 Å². The van der Waals surface area contributed by atoms with Gasteiger partial charge in [0.05, 0.1) is 7.11 Å². The van der Waals surface area contributed by atoms with Gasteiger partial charge in [0, 0.05) is 26.2 Å². The molecule has 2 rings (SSSR count). The molecular weight excluding hydrogens is 230 g/mol. The van der Waals surface area contributed by atoms with Crippen molar-refractivity contribution >= 4 is 0 Å². The van der Waals surface area contributed by atoms with E-state index in [1.807, 2.05) is 24.3 Å². The minimum atomic E-state index is 0.222. The molecule has 1 saturated heterocycles. The Kier molecular flexibility index (Phi) is 4.84. The van der Waals surface area contributed by atoms with Crippen LogP contribution in [0.1, 0.15) is 12.8 Å². The van der Waals surface area contributed by atoms with Gasteiger partial charge in [-0.15, -0.1) is 0 Å². The number of aliphatic hydroxyl groups excluding tert-OH is 1. The first kappa shape index (κ1) is 13.2. The molecule has 0 aromatic heterocycles. The number of nitrogens with zero attached hydrogens (tertiary/aromatic N) is 1. The quantitative estimate of drug-likeness (QED) is 0.832. The average molecular weight is 251 g/mol. The van der Waals surface area contributed by atoms with Crippen molar-refractivity contribution in [1.82, 2.24) is 4.90 Å². The lowest BCUT2D eigenvalue weighted by atomic mass is 10.3. The van der Waals surface area contributed by atoms with Crippen molar-refractivity contribution in [1.29, 1.82) is 0 Å². The Balaban J connectivity index is 1.87. The summed E-state index contributed by atoms with van der Waals surface area (Å²) in [6.45, 7) is 3.18. The zero-order valence-electron chi connectivity index (χ0n) is 10.8. The molecule has 4 heteroatoms. The number of ether oxygens (including phenoxy) is 2. The Bertz CT molecular complexity index is 370. The summed E-state index contributed by atoms with van der Waals surface area (Å²) in [4.78, 5) is 2.33. The van der Waals surface area contributed by atoms with Crippen molar-refractivity contribution in [3.8, 4) is 11.5 Å². The van der Waals surface area contributed by atoms with Gasteiger partial charge in [-0.2, -0.15) is 0 Å². The SMILES string of the molecule is COc1ccccc1O[C@@H]1CCN(CCCO)C1. The molecule has 0 aliphatic carbocycles. The highest BCUT2D eigenvalue weighted by molar-refractivity contribution is 5.39. The van der Waals surface area contributed by atoms with E-state index < -0.39 is 0 Å². The van der Waals surface area contributed by atoms with Crippen LogP contribution in [0.25, 0.3) is 0 Å². The number of likely N-dealkylation sites (tertiary alicyclic amines) is 1. The highest BCUT2D eigenvalue weighted by Crippen LogP contribution is 2.28. The molecule has 1 heterocycles. The molecule has 1 aromatic carbocycles. The molecule has 0 amide bonds. The van der Waals surface area contributed by atoms with Gasteiger partial charge in [0.1, 0.15) is 6.10 Å². The Morgan fingerprint density at radius 1 is 1.33 bits per heavy atom.